The van der Waals surface area contributed by atoms with E-state index in [9.17, 15) is 0 Å². The molecule has 4 nitrogen and oxygen atoms in total. The van der Waals surface area contributed by atoms with Crippen LogP contribution < -0.4 is 5.32 Å². The second-order valence-electron chi connectivity index (χ2n) is 5.25. The minimum Gasteiger partial charge on any atom is -0.439 e. The fourth-order valence-corrected chi connectivity index (χ4v) is 2.65. The van der Waals surface area contributed by atoms with Crippen LogP contribution >= 0.6 is 0 Å². The highest BCUT2D eigenvalue weighted by Crippen LogP contribution is 2.22. The topological polar surface area (TPSA) is 47.3 Å². The van der Waals surface area contributed by atoms with Gasteiger partial charge in [0.2, 0.25) is 5.89 Å². The molecule has 2 aromatic rings. The lowest BCUT2D eigenvalue weighted by molar-refractivity contribution is 0.0792. The number of aromatic nitrogens is 1. The van der Waals surface area contributed by atoms with Crippen molar-refractivity contribution in [2.24, 2.45) is 0 Å². The zero-order chi connectivity index (χ0) is 13.2. The predicted molar refractivity (Wildman–Crippen MR) is 74.0 cm³/mol. The van der Waals surface area contributed by atoms with Gasteiger partial charge in [0.05, 0.1) is 12.1 Å². The van der Waals surface area contributed by atoms with E-state index in [0.29, 0.717) is 12.1 Å². The number of oxazole rings is 1. The predicted octanol–water partition coefficient (Wildman–Crippen LogP) is 3.05. The average molecular weight is 260 g/mol. The minimum atomic E-state index is 0.0894. The Hall–Kier alpha value is -1.39. The van der Waals surface area contributed by atoms with Gasteiger partial charge in [0, 0.05) is 12.6 Å². The van der Waals surface area contributed by atoms with E-state index in [1.165, 1.54) is 0 Å². The molecule has 1 aliphatic rings. The second kappa shape index (κ2) is 5.31. The number of para-hydroxylation sites is 2. The summed E-state index contributed by atoms with van der Waals surface area (Å²) >= 11 is 0. The molecule has 0 radical (unpaired) electrons. The van der Waals surface area contributed by atoms with Gasteiger partial charge in [-0.15, -0.1) is 0 Å². The summed E-state index contributed by atoms with van der Waals surface area (Å²) in [6.45, 7) is 5.12. The molecule has 19 heavy (non-hydrogen) atoms. The van der Waals surface area contributed by atoms with Crippen LogP contribution in [0.25, 0.3) is 11.1 Å². The highest BCUT2D eigenvalue weighted by molar-refractivity contribution is 5.72. The van der Waals surface area contributed by atoms with E-state index >= 15 is 0 Å². The normalized spacial score (nSPS) is 22.7. The summed E-state index contributed by atoms with van der Waals surface area (Å²) in [4.78, 5) is 4.52. The third-order valence-electron chi connectivity index (χ3n) is 3.72. The Morgan fingerprint density at radius 2 is 2.16 bits per heavy atom. The van der Waals surface area contributed by atoms with Gasteiger partial charge in [0.15, 0.2) is 5.58 Å². The van der Waals surface area contributed by atoms with Crippen LogP contribution in [0.3, 0.4) is 0 Å². The Morgan fingerprint density at radius 3 is 2.89 bits per heavy atom. The summed E-state index contributed by atoms with van der Waals surface area (Å²) < 4.78 is 11.5. The number of ether oxygens (including phenoxy) is 1. The van der Waals surface area contributed by atoms with Crippen molar-refractivity contribution in [2.45, 2.75) is 44.9 Å². The van der Waals surface area contributed by atoms with Crippen LogP contribution in [-0.2, 0) is 4.74 Å². The molecule has 0 spiro atoms. The van der Waals surface area contributed by atoms with Gasteiger partial charge in [0.25, 0.3) is 0 Å². The number of hydrogen-bond acceptors (Lipinski definition) is 4. The van der Waals surface area contributed by atoms with E-state index in [2.05, 4.69) is 24.1 Å². The van der Waals surface area contributed by atoms with Crippen LogP contribution in [0.15, 0.2) is 28.7 Å². The van der Waals surface area contributed by atoms with Crippen molar-refractivity contribution in [1.82, 2.24) is 10.3 Å². The molecule has 1 aromatic heterocycles. The first-order chi connectivity index (χ1) is 9.24. The molecular formula is C15H20N2O2. The fraction of sp³-hybridized carbons (Fsp3) is 0.533. The van der Waals surface area contributed by atoms with E-state index in [1.807, 2.05) is 24.3 Å². The molecule has 0 bridgehead atoms. The molecule has 1 aromatic carbocycles. The molecule has 2 heterocycles. The summed E-state index contributed by atoms with van der Waals surface area (Å²) in [5.74, 6) is 0.742. The SMILES string of the molecule is C[C@H](N[C@H](C)[C@H]1CCCO1)c1nc2ccccc2o1. The van der Waals surface area contributed by atoms with Gasteiger partial charge in [0.1, 0.15) is 5.52 Å². The maximum atomic E-state index is 5.78. The zero-order valence-corrected chi connectivity index (χ0v) is 11.4. The Morgan fingerprint density at radius 1 is 1.32 bits per heavy atom. The number of nitrogens with zero attached hydrogens (tertiary/aromatic N) is 1. The largest absolute Gasteiger partial charge is 0.439 e. The third kappa shape index (κ3) is 2.65. The quantitative estimate of drug-likeness (QED) is 0.917. The molecule has 1 fully saturated rings. The van der Waals surface area contributed by atoms with Crippen molar-refractivity contribution in [2.75, 3.05) is 6.61 Å². The first-order valence-corrected chi connectivity index (χ1v) is 6.97. The molecule has 0 amide bonds. The molecular weight excluding hydrogens is 240 g/mol. The van der Waals surface area contributed by atoms with Crippen molar-refractivity contribution < 1.29 is 9.15 Å². The smallest absolute Gasteiger partial charge is 0.212 e. The monoisotopic (exact) mass is 260 g/mol. The zero-order valence-electron chi connectivity index (χ0n) is 11.4. The van der Waals surface area contributed by atoms with E-state index in [0.717, 1.165) is 36.4 Å². The van der Waals surface area contributed by atoms with E-state index in [4.69, 9.17) is 9.15 Å². The molecule has 4 heteroatoms. The fourth-order valence-electron chi connectivity index (χ4n) is 2.65. The van der Waals surface area contributed by atoms with Crippen LogP contribution in [-0.4, -0.2) is 23.7 Å². The van der Waals surface area contributed by atoms with Crippen molar-refractivity contribution in [3.05, 3.63) is 30.2 Å². The van der Waals surface area contributed by atoms with Gasteiger partial charge >= 0.3 is 0 Å². The van der Waals surface area contributed by atoms with Crippen molar-refractivity contribution >= 4 is 11.1 Å². The number of benzene rings is 1. The number of fused-ring (bicyclic) bond motifs is 1. The Labute approximate surface area is 113 Å². The van der Waals surface area contributed by atoms with E-state index in [1.54, 1.807) is 0 Å². The highest BCUT2D eigenvalue weighted by atomic mass is 16.5. The maximum absolute atomic E-state index is 5.78. The van der Waals surface area contributed by atoms with Crippen LogP contribution in [0.1, 0.15) is 38.6 Å². The Balaban J connectivity index is 1.70. The Bertz CT molecular complexity index is 513. The van der Waals surface area contributed by atoms with Gasteiger partial charge in [-0.05, 0) is 38.8 Å². The van der Waals surface area contributed by atoms with Crippen LogP contribution in [0, 0.1) is 0 Å². The first kappa shape index (κ1) is 12.6. The van der Waals surface area contributed by atoms with Crippen molar-refractivity contribution in [3.8, 4) is 0 Å². The summed E-state index contributed by atoms with van der Waals surface area (Å²) in [6, 6.07) is 8.26. The lowest BCUT2D eigenvalue weighted by Gasteiger charge is -2.22. The van der Waals surface area contributed by atoms with Crippen molar-refractivity contribution in [1.29, 1.82) is 0 Å². The molecule has 3 rings (SSSR count). The average Bonchev–Trinajstić information content (AvgIpc) is 3.07. The van der Waals surface area contributed by atoms with E-state index in [-0.39, 0.29) is 6.04 Å². The number of rotatable bonds is 4. The van der Waals surface area contributed by atoms with Crippen molar-refractivity contribution in [3.63, 3.8) is 0 Å². The van der Waals surface area contributed by atoms with Crippen LogP contribution in [0.4, 0.5) is 0 Å². The minimum absolute atomic E-state index is 0.0894. The van der Waals surface area contributed by atoms with Gasteiger partial charge < -0.3 is 14.5 Å². The van der Waals surface area contributed by atoms with Crippen LogP contribution in [0.5, 0.6) is 0 Å². The van der Waals surface area contributed by atoms with Crippen LogP contribution in [0.2, 0.25) is 0 Å². The Kier molecular flexibility index (Phi) is 3.53. The molecule has 1 saturated heterocycles. The molecule has 102 valence electrons. The third-order valence-corrected chi connectivity index (χ3v) is 3.72. The number of nitrogens with one attached hydrogen (secondary N) is 1. The molecule has 0 aliphatic carbocycles. The highest BCUT2D eigenvalue weighted by Gasteiger charge is 2.25. The van der Waals surface area contributed by atoms with Gasteiger partial charge in [-0.2, -0.15) is 0 Å². The molecule has 1 N–H and O–H groups in total. The standard InChI is InChI=1S/C15H20N2O2/c1-10(13-8-5-9-18-13)16-11(2)15-17-12-6-3-4-7-14(12)19-15/h3-4,6-7,10-11,13,16H,5,8-9H2,1-2H3/t10-,11+,13-/m1/s1. The summed E-state index contributed by atoms with van der Waals surface area (Å²) in [7, 11) is 0. The summed E-state index contributed by atoms with van der Waals surface area (Å²) in [5.41, 5.74) is 1.76. The molecule has 0 saturated carbocycles. The second-order valence-corrected chi connectivity index (χ2v) is 5.25. The van der Waals surface area contributed by atoms with Gasteiger partial charge in [-0.1, -0.05) is 12.1 Å². The maximum Gasteiger partial charge on any atom is 0.212 e. The van der Waals surface area contributed by atoms with E-state index < -0.39 is 0 Å². The first-order valence-electron chi connectivity index (χ1n) is 6.97. The molecule has 0 unspecified atom stereocenters. The molecule has 3 atom stereocenters. The summed E-state index contributed by atoms with van der Waals surface area (Å²) in [5, 5.41) is 3.52. The lowest BCUT2D eigenvalue weighted by atomic mass is 10.1. The van der Waals surface area contributed by atoms with Gasteiger partial charge in [-0.25, -0.2) is 4.98 Å². The summed E-state index contributed by atoms with van der Waals surface area (Å²) in [6.07, 6.45) is 2.61. The lowest BCUT2D eigenvalue weighted by Crippen LogP contribution is -2.38. The molecule has 1 aliphatic heterocycles. The number of hydrogen-bond donors (Lipinski definition) is 1. The van der Waals surface area contributed by atoms with Gasteiger partial charge in [-0.3, -0.25) is 0 Å².